The summed E-state index contributed by atoms with van der Waals surface area (Å²) >= 11 is 0. The van der Waals surface area contributed by atoms with Crippen LogP contribution in [0.15, 0.2) is 85.5 Å². The van der Waals surface area contributed by atoms with Gasteiger partial charge in [-0.05, 0) is 35.4 Å². The highest BCUT2D eigenvalue weighted by atomic mass is 33.1. The van der Waals surface area contributed by atoms with Crippen LogP contribution < -0.4 is 28.4 Å². The Labute approximate surface area is 271 Å². The topological polar surface area (TPSA) is 32.7 Å². The van der Waals surface area contributed by atoms with E-state index in [1.807, 2.05) is 49.8 Å². The molecule has 0 spiro atoms. The Bertz CT molecular complexity index is 1420. The van der Waals surface area contributed by atoms with Crippen molar-refractivity contribution in [3.8, 4) is 11.5 Å². The quantitative estimate of drug-likeness (QED) is 0.0815. The van der Waals surface area contributed by atoms with Crippen LogP contribution in [-0.4, -0.2) is 53.9 Å². The van der Waals surface area contributed by atoms with Gasteiger partial charge in [-0.3, -0.25) is 0 Å². The van der Waals surface area contributed by atoms with Crippen LogP contribution in [0.3, 0.4) is 0 Å². The molecule has 0 saturated heterocycles. The zero-order valence-corrected chi connectivity index (χ0v) is 28.3. The number of aromatic nitrogens is 2. The van der Waals surface area contributed by atoms with Crippen molar-refractivity contribution in [3.63, 3.8) is 0 Å². The van der Waals surface area contributed by atoms with Crippen LogP contribution in [-0.2, 0) is 13.1 Å². The van der Waals surface area contributed by atoms with Crippen molar-refractivity contribution < 1.29 is 18.6 Å². The normalized spacial score (nSPS) is 11.3. The summed E-state index contributed by atoms with van der Waals surface area (Å²) in [7, 11) is 15.4. The molecule has 0 fully saturated rings. The lowest BCUT2D eigenvalue weighted by molar-refractivity contribution is -0.692. The second-order valence-electron chi connectivity index (χ2n) is 10.7. The average molecular weight is 629 g/mol. The van der Waals surface area contributed by atoms with E-state index in [0.29, 0.717) is 0 Å². The number of nitrogens with zero attached hydrogens (tertiary/aromatic N) is 4. The monoisotopic (exact) mass is 628 g/mol. The molecule has 2 heterocycles. The second kappa shape index (κ2) is 16.8. The average Bonchev–Trinajstić information content (AvgIpc) is 3.05. The van der Waals surface area contributed by atoms with Crippen molar-refractivity contribution in [1.29, 1.82) is 0 Å². The third-order valence-electron chi connectivity index (χ3n) is 7.16. The Morgan fingerprint density at radius 3 is 1.30 bits per heavy atom. The number of pyridine rings is 2. The van der Waals surface area contributed by atoms with Gasteiger partial charge in [-0.2, -0.15) is 0 Å². The number of methoxy groups -OCH3 is 2. The zero-order valence-electron chi connectivity index (χ0n) is 26.6. The molecule has 0 amide bonds. The molecule has 4 aromatic rings. The maximum absolute atomic E-state index is 5.59. The van der Waals surface area contributed by atoms with E-state index in [1.54, 1.807) is 14.2 Å². The van der Waals surface area contributed by atoms with Gasteiger partial charge in [0.1, 0.15) is 11.5 Å². The minimum absolute atomic E-state index is 0.875. The van der Waals surface area contributed by atoms with E-state index in [9.17, 15) is 0 Å². The summed E-state index contributed by atoms with van der Waals surface area (Å²) in [4.78, 5) is 4.15. The molecule has 4 rings (SSSR count). The van der Waals surface area contributed by atoms with E-state index in [2.05, 4.69) is 129 Å². The molecule has 44 heavy (non-hydrogen) atoms. The molecular formula is C36H44N4O2S2+2. The van der Waals surface area contributed by atoms with Crippen LogP contribution in [0.25, 0.3) is 24.3 Å². The van der Waals surface area contributed by atoms with E-state index in [1.165, 1.54) is 11.1 Å². The van der Waals surface area contributed by atoms with Gasteiger partial charge in [0.05, 0.1) is 25.7 Å². The van der Waals surface area contributed by atoms with Gasteiger partial charge in [0.25, 0.3) is 0 Å². The number of anilines is 2. The fraction of sp³-hybridized carbons (Fsp3) is 0.278. The fourth-order valence-electron chi connectivity index (χ4n) is 4.46. The van der Waals surface area contributed by atoms with Crippen molar-refractivity contribution in [2.24, 2.45) is 0 Å². The van der Waals surface area contributed by atoms with Crippen LogP contribution in [0.1, 0.15) is 22.3 Å². The lowest BCUT2D eigenvalue weighted by Gasteiger charge is -2.14. The molecule has 0 radical (unpaired) electrons. The van der Waals surface area contributed by atoms with Gasteiger partial charge in [0.15, 0.2) is 37.9 Å². The van der Waals surface area contributed by atoms with Gasteiger partial charge in [-0.15, -0.1) is 0 Å². The van der Waals surface area contributed by atoms with Gasteiger partial charge in [-0.25, -0.2) is 9.13 Å². The smallest absolute Gasteiger partial charge is 0.169 e. The minimum atomic E-state index is 0.875. The van der Waals surface area contributed by atoms with Gasteiger partial charge in [0, 0.05) is 87.1 Å². The number of ether oxygens (including phenoxy) is 2. The van der Waals surface area contributed by atoms with Crippen molar-refractivity contribution in [2.45, 2.75) is 13.1 Å². The summed E-state index contributed by atoms with van der Waals surface area (Å²) in [5, 5.41) is 0. The van der Waals surface area contributed by atoms with Gasteiger partial charge >= 0.3 is 0 Å². The number of rotatable bonds is 15. The predicted octanol–water partition coefficient (Wildman–Crippen LogP) is 6.83. The summed E-state index contributed by atoms with van der Waals surface area (Å²) < 4.78 is 15.7. The molecule has 0 saturated carbocycles. The molecule has 0 aliphatic heterocycles. The Kier molecular flexibility index (Phi) is 12.6. The zero-order chi connectivity index (χ0) is 31.3. The Morgan fingerprint density at radius 1 is 0.568 bits per heavy atom. The summed E-state index contributed by atoms with van der Waals surface area (Å²) in [5.74, 6) is 3.88. The molecule has 0 aliphatic rings. The van der Waals surface area contributed by atoms with E-state index < -0.39 is 0 Å². The second-order valence-corrected chi connectivity index (χ2v) is 13.4. The molecule has 0 N–H and O–H groups in total. The number of hydrogen-bond donors (Lipinski definition) is 0. The first-order valence-corrected chi connectivity index (χ1v) is 17.1. The SMILES string of the molecule is COc1cc(N(C)C)ccc1/C=C/c1cc[n+](CCSSCC[n+]2ccc(/C=C/c3ccc(N(C)C)cc3OC)cc2)cc1. The summed E-state index contributed by atoms with van der Waals surface area (Å²) in [6.45, 7) is 1.97. The van der Waals surface area contributed by atoms with Crippen LogP contribution in [0.2, 0.25) is 0 Å². The molecule has 2 aromatic heterocycles. The summed E-state index contributed by atoms with van der Waals surface area (Å²) in [6.07, 6.45) is 17.1. The molecule has 230 valence electrons. The molecule has 2 aromatic carbocycles. The van der Waals surface area contributed by atoms with Crippen molar-refractivity contribution in [3.05, 3.63) is 108 Å². The fourth-order valence-corrected chi connectivity index (χ4v) is 6.43. The molecule has 0 aliphatic carbocycles. The van der Waals surface area contributed by atoms with Crippen molar-refractivity contribution >= 4 is 57.3 Å². The molecule has 0 unspecified atom stereocenters. The standard InChI is InChI=1S/C36H44N4O2S2/c1-37(2)33-13-11-31(35(27-33)41-5)9-7-29-15-19-39(20-16-29)23-25-43-44-26-24-40-21-17-30(18-22-40)8-10-32-12-14-34(38(3)4)28-36(32)42-6/h7-22,27-28H,23-26H2,1-6H3/q+2. The van der Waals surface area contributed by atoms with E-state index in [-0.39, 0.29) is 0 Å². The predicted molar refractivity (Wildman–Crippen MR) is 191 cm³/mol. The maximum atomic E-state index is 5.59. The molecule has 6 nitrogen and oxygen atoms in total. The van der Waals surface area contributed by atoms with E-state index >= 15 is 0 Å². The molecule has 0 atom stereocenters. The Hall–Kier alpha value is -3.88. The largest absolute Gasteiger partial charge is 0.496 e. The minimum Gasteiger partial charge on any atom is -0.496 e. The Morgan fingerprint density at radius 2 is 0.955 bits per heavy atom. The number of benzene rings is 2. The van der Waals surface area contributed by atoms with Crippen molar-refractivity contribution in [2.75, 3.05) is 63.7 Å². The van der Waals surface area contributed by atoms with Crippen molar-refractivity contribution in [1.82, 2.24) is 0 Å². The first-order valence-electron chi connectivity index (χ1n) is 14.7. The van der Waals surface area contributed by atoms with Crippen LogP contribution >= 0.6 is 21.6 Å². The first kappa shape index (κ1) is 33.0. The van der Waals surface area contributed by atoms with Crippen LogP contribution in [0.4, 0.5) is 11.4 Å². The van der Waals surface area contributed by atoms with Gasteiger partial charge < -0.3 is 19.3 Å². The van der Waals surface area contributed by atoms with E-state index in [4.69, 9.17) is 9.47 Å². The maximum Gasteiger partial charge on any atom is 0.169 e. The third kappa shape index (κ3) is 9.82. The highest BCUT2D eigenvalue weighted by molar-refractivity contribution is 8.76. The molecule has 0 bridgehead atoms. The van der Waals surface area contributed by atoms with Crippen LogP contribution in [0, 0.1) is 0 Å². The lowest BCUT2D eigenvalue weighted by atomic mass is 10.1. The number of hydrogen-bond acceptors (Lipinski definition) is 6. The van der Waals surface area contributed by atoms with Gasteiger partial charge in [-0.1, -0.05) is 45.9 Å². The summed E-state index contributed by atoms with van der Waals surface area (Å²) in [6, 6.07) is 21.1. The highest BCUT2D eigenvalue weighted by Gasteiger charge is 2.07. The van der Waals surface area contributed by atoms with Crippen LogP contribution in [0.5, 0.6) is 11.5 Å². The molecule has 8 heteroatoms. The highest BCUT2D eigenvalue weighted by Crippen LogP contribution is 2.27. The van der Waals surface area contributed by atoms with Gasteiger partial charge in [0.2, 0.25) is 0 Å². The first-order chi connectivity index (χ1) is 21.4. The summed E-state index contributed by atoms with van der Waals surface area (Å²) in [5.41, 5.74) is 6.71. The lowest BCUT2D eigenvalue weighted by Crippen LogP contribution is -2.34. The van der Waals surface area contributed by atoms with E-state index in [0.717, 1.165) is 58.6 Å². The third-order valence-corrected chi connectivity index (χ3v) is 9.53. The Balaban J connectivity index is 1.16. The molecular weight excluding hydrogens is 585 g/mol. The number of aryl methyl sites for hydroxylation is 2.